The summed E-state index contributed by atoms with van der Waals surface area (Å²) in [5.41, 5.74) is 3.64. The maximum absolute atomic E-state index is 12.6. The van der Waals surface area contributed by atoms with E-state index in [1.54, 1.807) is 12.4 Å². The number of hydrogen-bond acceptors (Lipinski definition) is 3. The Bertz CT molecular complexity index is 939. The fourth-order valence-corrected chi connectivity index (χ4v) is 2.38. The summed E-state index contributed by atoms with van der Waals surface area (Å²) in [7, 11) is 0. The smallest absolute Gasteiger partial charge is 0.171 e. The summed E-state index contributed by atoms with van der Waals surface area (Å²) < 4.78 is 0. The van der Waals surface area contributed by atoms with Crippen molar-refractivity contribution in [3.63, 3.8) is 0 Å². The van der Waals surface area contributed by atoms with E-state index in [0.29, 0.717) is 22.4 Å². The van der Waals surface area contributed by atoms with Gasteiger partial charge in [-0.15, -0.1) is 6.42 Å². The largest absolute Gasteiger partial charge is 0.344 e. The lowest BCUT2D eigenvalue weighted by Gasteiger charge is -2.15. The van der Waals surface area contributed by atoms with Gasteiger partial charge in [-0.05, 0) is 12.1 Å². The molecule has 0 spiro atoms. The number of aromatic nitrogens is 3. The van der Waals surface area contributed by atoms with Crippen LogP contribution in [0.4, 0.5) is 0 Å². The molecular weight excluding hydrogens is 286 g/mol. The fraction of sp³-hybridized carbons (Fsp3) is 0.211. The molecule has 1 aromatic carbocycles. The third kappa shape index (κ3) is 2.74. The molecule has 0 aliphatic heterocycles. The van der Waals surface area contributed by atoms with Crippen LogP contribution < -0.4 is 0 Å². The molecule has 3 rings (SSSR count). The minimum Gasteiger partial charge on any atom is -0.344 e. The van der Waals surface area contributed by atoms with Gasteiger partial charge in [0.05, 0.1) is 17.5 Å². The van der Waals surface area contributed by atoms with Crippen molar-refractivity contribution in [3.8, 4) is 23.6 Å². The van der Waals surface area contributed by atoms with E-state index in [1.165, 1.54) is 0 Å². The van der Waals surface area contributed by atoms with Crippen LogP contribution in [0.3, 0.4) is 0 Å². The van der Waals surface area contributed by atoms with Gasteiger partial charge in [-0.2, -0.15) is 0 Å². The van der Waals surface area contributed by atoms with E-state index >= 15 is 0 Å². The van der Waals surface area contributed by atoms with Gasteiger partial charge in [-0.1, -0.05) is 38.8 Å². The molecule has 0 amide bonds. The lowest BCUT2D eigenvalue weighted by atomic mass is 9.87. The van der Waals surface area contributed by atoms with Gasteiger partial charge in [0.25, 0.3) is 0 Å². The van der Waals surface area contributed by atoms with Crippen LogP contribution in [0.25, 0.3) is 22.4 Å². The Morgan fingerprint density at radius 2 is 2.09 bits per heavy atom. The summed E-state index contributed by atoms with van der Waals surface area (Å²) in [5.74, 6) is 2.65. The SMILES string of the molecule is C#Cc1cccc(-c2cnc3[nH]cc(C(=O)C(C)(C)C)c3n2)c1. The Balaban J connectivity index is 2.15. The lowest BCUT2D eigenvalue weighted by Crippen LogP contribution is -2.20. The zero-order valence-electron chi connectivity index (χ0n) is 13.3. The number of Topliss-reactive ketones (excluding diaryl/α,β-unsaturated/α-hetero) is 1. The summed E-state index contributed by atoms with van der Waals surface area (Å²) in [5, 5.41) is 0. The number of fused-ring (bicyclic) bond motifs is 1. The molecule has 0 aliphatic carbocycles. The summed E-state index contributed by atoms with van der Waals surface area (Å²) in [6.07, 6.45) is 8.81. The number of aromatic amines is 1. The molecule has 1 N–H and O–H groups in total. The average molecular weight is 303 g/mol. The van der Waals surface area contributed by atoms with Crippen molar-refractivity contribution < 1.29 is 4.79 Å². The van der Waals surface area contributed by atoms with E-state index in [4.69, 9.17) is 6.42 Å². The van der Waals surface area contributed by atoms with Crippen molar-refractivity contribution in [2.75, 3.05) is 0 Å². The van der Waals surface area contributed by atoms with E-state index in [0.717, 1.165) is 11.1 Å². The Hall–Kier alpha value is -2.93. The van der Waals surface area contributed by atoms with E-state index < -0.39 is 5.41 Å². The van der Waals surface area contributed by atoms with Crippen LogP contribution in [0.15, 0.2) is 36.7 Å². The molecule has 4 heteroatoms. The van der Waals surface area contributed by atoms with Crippen molar-refractivity contribution >= 4 is 16.9 Å². The molecular formula is C19H17N3O. The Morgan fingerprint density at radius 3 is 2.78 bits per heavy atom. The van der Waals surface area contributed by atoms with Crippen molar-refractivity contribution in [1.82, 2.24) is 15.0 Å². The van der Waals surface area contributed by atoms with E-state index in [2.05, 4.69) is 20.9 Å². The van der Waals surface area contributed by atoms with E-state index in [-0.39, 0.29) is 5.78 Å². The molecule has 4 nitrogen and oxygen atoms in total. The highest BCUT2D eigenvalue weighted by molar-refractivity contribution is 6.08. The first-order valence-corrected chi connectivity index (χ1v) is 7.36. The number of terminal acetylenes is 1. The second-order valence-corrected chi connectivity index (χ2v) is 6.46. The van der Waals surface area contributed by atoms with Gasteiger partial charge >= 0.3 is 0 Å². The Morgan fingerprint density at radius 1 is 1.30 bits per heavy atom. The molecule has 0 radical (unpaired) electrons. The molecule has 0 bridgehead atoms. The topological polar surface area (TPSA) is 58.6 Å². The molecule has 2 heterocycles. The maximum atomic E-state index is 12.6. The average Bonchev–Trinajstić information content (AvgIpc) is 2.96. The molecule has 114 valence electrons. The number of nitrogens with zero attached hydrogens (tertiary/aromatic N) is 2. The first kappa shape index (κ1) is 15.0. The number of rotatable bonds is 2. The van der Waals surface area contributed by atoms with Crippen molar-refractivity contribution in [2.24, 2.45) is 5.41 Å². The van der Waals surface area contributed by atoms with Gasteiger partial charge in [-0.25, -0.2) is 9.97 Å². The standard InChI is InChI=1S/C19H17N3O/c1-5-12-7-6-8-13(9-12)15-11-21-18-16(22-15)14(10-20-18)17(23)19(2,3)4/h1,6-11H,2-4H3,(H,20,21). The molecule has 0 atom stereocenters. The van der Waals surface area contributed by atoms with Crippen LogP contribution in [-0.4, -0.2) is 20.7 Å². The van der Waals surface area contributed by atoms with Gasteiger partial charge in [0.1, 0.15) is 5.52 Å². The zero-order valence-corrected chi connectivity index (χ0v) is 13.3. The first-order chi connectivity index (χ1) is 10.9. The van der Waals surface area contributed by atoms with Gasteiger partial charge in [0, 0.05) is 22.7 Å². The molecule has 0 saturated carbocycles. The van der Waals surface area contributed by atoms with Crippen LogP contribution in [0, 0.1) is 17.8 Å². The van der Waals surface area contributed by atoms with Crippen molar-refractivity contribution in [3.05, 3.63) is 47.8 Å². The van der Waals surface area contributed by atoms with Crippen LogP contribution >= 0.6 is 0 Å². The van der Waals surface area contributed by atoms with Gasteiger partial charge in [-0.3, -0.25) is 4.79 Å². The van der Waals surface area contributed by atoms with Crippen molar-refractivity contribution in [2.45, 2.75) is 20.8 Å². The normalized spacial score (nSPS) is 11.4. The van der Waals surface area contributed by atoms with Crippen LogP contribution in [-0.2, 0) is 0 Å². The van der Waals surface area contributed by atoms with E-state index in [1.807, 2.05) is 45.0 Å². The van der Waals surface area contributed by atoms with Gasteiger partial charge in [0.2, 0.25) is 0 Å². The third-order valence-electron chi connectivity index (χ3n) is 3.63. The minimum atomic E-state index is -0.476. The number of H-pyrrole nitrogens is 1. The summed E-state index contributed by atoms with van der Waals surface area (Å²) in [6, 6.07) is 7.55. The zero-order chi connectivity index (χ0) is 16.6. The minimum absolute atomic E-state index is 0.0348. The molecule has 0 aliphatic rings. The molecule has 0 unspecified atom stereocenters. The molecule has 2 aromatic heterocycles. The second kappa shape index (κ2) is 5.36. The molecule has 0 saturated heterocycles. The highest BCUT2D eigenvalue weighted by Gasteiger charge is 2.26. The number of carbonyl (C=O) groups is 1. The number of benzene rings is 1. The lowest BCUT2D eigenvalue weighted by molar-refractivity contribution is 0.0860. The Labute approximate surface area is 135 Å². The molecule has 3 aromatic rings. The first-order valence-electron chi connectivity index (χ1n) is 7.36. The van der Waals surface area contributed by atoms with E-state index in [9.17, 15) is 4.79 Å². The number of ketones is 1. The van der Waals surface area contributed by atoms with Gasteiger partial charge < -0.3 is 4.98 Å². The molecule has 0 fully saturated rings. The summed E-state index contributed by atoms with van der Waals surface area (Å²) >= 11 is 0. The maximum Gasteiger partial charge on any atom is 0.171 e. The quantitative estimate of drug-likeness (QED) is 0.578. The summed E-state index contributed by atoms with van der Waals surface area (Å²) in [4.78, 5) is 24.6. The highest BCUT2D eigenvalue weighted by atomic mass is 16.1. The van der Waals surface area contributed by atoms with Crippen LogP contribution in [0.5, 0.6) is 0 Å². The van der Waals surface area contributed by atoms with Crippen molar-refractivity contribution in [1.29, 1.82) is 0 Å². The highest BCUT2D eigenvalue weighted by Crippen LogP contribution is 2.27. The van der Waals surface area contributed by atoms with Crippen LogP contribution in [0.2, 0.25) is 0 Å². The van der Waals surface area contributed by atoms with Gasteiger partial charge in [0.15, 0.2) is 11.4 Å². The predicted octanol–water partition coefficient (Wildman–Crippen LogP) is 3.84. The number of carbonyl (C=O) groups excluding carboxylic acids is 1. The fourth-order valence-electron chi connectivity index (χ4n) is 2.38. The number of hydrogen-bond donors (Lipinski definition) is 1. The Kier molecular flexibility index (Phi) is 3.49. The predicted molar refractivity (Wildman–Crippen MR) is 91.0 cm³/mol. The third-order valence-corrected chi connectivity index (χ3v) is 3.63. The summed E-state index contributed by atoms with van der Waals surface area (Å²) in [6.45, 7) is 5.67. The second-order valence-electron chi connectivity index (χ2n) is 6.46. The number of nitrogens with one attached hydrogen (secondary N) is 1. The monoisotopic (exact) mass is 303 g/mol. The van der Waals surface area contributed by atoms with Crippen LogP contribution in [0.1, 0.15) is 36.7 Å². The molecule has 23 heavy (non-hydrogen) atoms.